The van der Waals surface area contributed by atoms with E-state index in [9.17, 15) is 4.79 Å². The van der Waals surface area contributed by atoms with Crippen LogP contribution in [-0.2, 0) is 0 Å². The monoisotopic (exact) mass is 255 g/mol. The number of carbonyl (C=O) groups excluding carboxylic acids is 1. The van der Waals surface area contributed by atoms with Crippen molar-refractivity contribution in [3.63, 3.8) is 0 Å². The number of benzene rings is 1. The first-order valence-electron chi connectivity index (χ1n) is 5.90. The van der Waals surface area contributed by atoms with Crippen LogP contribution >= 0.6 is 0 Å². The Labute approximate surface area is 109 Å². The Balaban J connectivity index is 2.17. The van der Waals surface area contributed by atoms with Crippen LogP contribution in [0, 0.1) is 13.8 Å². The van der Waals surface area contributed by atoms with Gasteiger partial charge in [0, 0.05) is 11.3 Å². The molecular weight excluding hydrogens is 242 g/mol. The number of furan rings is 1. The number of imidazole rings is 1. The van der Waals surface area contributed by atoms with E-state index in [1.807, 2.05) is 6.92 Å². The number of nitrogens with two attached hydrogens (primary N) is 1. The van der Waals surface area contributed by atoms with Crippen LogP contribution in [0.1, 0.15) is 21.7 Å². The van der Waals surface area contributed by atoms with Crippen LogP contribution in [0.3, 0.4) is 0 Å². The molecule has 0 unspecified atom stereocenters. The topological polar surface area (TPSA) is 74.0 Å². The lowest BCUT2D eigenvalue weighted by molar-refractivity contribution is 0.0962. The van der Waals surface area contributed by atoms with Crippen molar-refractivity contribution in [1.82, 2.24) is 9.55 Å². The minimum atomic E-state index is -0.143. The van der Waals surface area contributed by atoms with E-state index in [1.165, 1.54) is 10.9 Å². The first kappa shape index (κ1) is 11.5. The smallest absolute Gasteiger partial charge is 0.267 e. The summed E-state index contributed by atoms with van der Waals surface area (Å²) in [6.45, 7) is 3.62. The lowest BCUT2D eigenvalue weighted by Gasteiger charge is -2.03. The van der Waals surface area contributed by atoms with Crippen LogP contribution in [0.4, 0.5) is 5.69 Å². The molecule has 1 aromatic carbocycles. The second-order valence-electron chi connectivity index (χ2n) is 4.52. The first-order chi connectivity index (χ1) is 9.08. The molecule has 3 aromatic rings. The number of nitrogen functional groups attached to an aromatic ring is 1. The molecule has 0 radical (unpaired) electrons. The normalized spacial score (nSPS) is 11.1. The summed E-state index contributed by atoms with van der Waals surface area (Å²) in [5.74, 6) is 0.468. The molecule has 0 atom stereocenters. The van der Waals surface area contributed by atoms with Gasteiger partial charge < -0.3 is 10.2 Å². The van der Waals surface area contributed by atoms with Crippen LogP contribution in [0.5, 0.6) is 0 Å². The number of nitrogens with zero attached hydrogens (tertiary/aromatic N) is 2. The lowest BCUT2D eigenvalue weighted by Crippen LogP contribution is -2.12. The number of aryl methyl sites for hydroxylation is 2. The Morgan fingerprint density at radius 3 is 2.84 bits per heavy atom. The van der Waals surface area contributed by atoms with Gasteiger partial charge in [-0.3, -0.25) is 9.36 Å². The molecule has 0 spiro atoms. The van der Waals surface area contributed by atoms with Gasteiger partial charge in [-0.1, -0.05) is 0 Å². The maximum Gasteiger partial charge on any atom is 0.267 e. The minimum Gasteiger partial charge on any atom is -0.469 e. The highest BCUT2D eigenvalue weighted by atomic mass is 16.3. The maximum absolute atomic E-state index is 12.5. The largest absolute Gasteiger partial charge is 0.469 e. The molecule has 0 saturated heterocycles. The van der Waals surface area contributed by atoms with E-state index in [0.717, 1.165) is 11.1 Å². The summed E-state index contributed by atoms with van der Waals surface area (Å²) in [6.07, 6.45) is 3.10. The molecule has 0 aliphatic rings. The van der Waals surface area contributed by atoms with Gasteiger partial charge in [-0.2, -0.15) is 0 Å². The number of hydrogen-bond donors (Lipinski definition) is 1. The van der Waals surface area contributed by atoms with Gasteiger partial charge in [0.2, 0.25) is 0 Å². The summed E-state index contributed by atoms with van der Waals surface area (Å²) in [5.41, 5.74) is 9.16. The Bertz CT molecular complexity index is 764. The lowest BCUT2D eigenvalue weighted by atomic mass is 10.1. The minimum absolute atomic E-state index is 0.143. The van der Waals surface area contributed by atoms with Gasteiger partial charge in [-0.25, -0.2) is 4.98 Å². The van der Waals surface area contributed by atoms with Crippen molar-refractivity contribution in [2.45, 2.75) is 13.8 Å². The fraction of sp³-hybridized carbons (Fsp3) is 0.143. The van der Waals surface area contributed by atoms with Gasteiger partial charge in [-0.05, 0) is 32.0 Å². The van der Waals surface area contributed by atoms with Crippen molar-refractivity contribution < 1.29 is 9.21 Å². The molecule has 5 heteroatoms. The average Bonchev–Trinajstić information content (AvgIpc) is 2.92. The van der Waals surface area contributed by atoms with Gasteiger partial charge >= 0.3 is 0 Å². The van der Waals surface area contributed by atoms with Crippen molar-refractivity contribution in [2.75, 3.05) is 5.73 Å². The number of rotatable bonds is 1. The van der Waals surface area contributed by atoms with Crippen LogP contribution in [-0.4, -0.2) is 15.5 Å². The van der Waals surface area contributed by atoms with Gasteiger partial charge in [0.1, 0.15) is 12.1 Å². The third-order valence-electron chi connectivity index (χ3n) is 3.16. The fourth-order valence-corrected chi connectivity index (χ4v) is 2.20. The number of aromatic nitrogens is 2. The quantitative estimate of drug-likeness (QED) is 0.678. The van der Waals surface area contributed by atoms with Crippen LogP contribution in [0.2, 0.25) is 0 Å². The standard InChI is InChI=1S/C14H13N3O2/c1-8-6-19-9(2)13(8)14(18)17-7-16-11-5-10(15)3-4-12(11)17/h3-7H,15H2,1-2H3. The van der Waals surface area contributed by atoms with Crippen LogP contribution in [0.25, 0.3) is 11.0 Å². The molecule has 0 fully saturated rings. The van der Waals surface area contributed by atoms with E-state index >= 15 is 0 Å². The summed E-state index contributed by atoms with van der Waals surface area (Å²) in [7, 11) is 0. The third kappa shape index (κ3) is 1.71. The van der Waals surface area contributed by atoms with Crippen molar-refractivity contribution >= 4 is 22.6 Å². The van der Waals surface area contributed by atoms with Gasteiger partial charge in [0.25, 0.3) is 5.91 Å². The van der Waals surface area contributed by atoms with Gasteiger partial charge in [0.15, 0.2) is 0 Å². The molecular formula is C14H13N3O2. The molecule has 96 valence electrons. The highest BCUT2D eigenvalue weighted by Crippen LogP contribution is 2.21. The molecule has 2 aromatic heterocycles. The fourth-order valence-electron chi connectivity index (χ4n) is 2.20. The number of anilines is 1. The molecule has 0 aliphatic carbocycles. The first-order valence-corrected chi connectivity index (χ1v) is 5.90. The molecule has 5 nitrogen and oxygen atoms in total. The Morgan fingerprint density at radius 1 is 1.37 bits per heavy atom. The highest BCUT2D eigenvalue weighted by molar-refractivity contribution is 6.02. The zero-order valence-electron chi connectivity index (χ0n) is 10.7. The second kappa shape index (κ2) is 3.98. The third-order valence-corrected chi connectivity index (χ3v) is 3.16. The Morgan fingerprint density at radius 2 is 2.16 bits per heavy atom. The zero-order valence-corrected chi connectivity index (χ0v) is 10.7. The summed E-state index contributed by atoms with van der Waals surface area (Å²) in [6, 6.07) is 5.29. The molecule has 0 amide bonds. The van der Waals surface area contributed by atoms with Gasteiger partial charge in [0.05, 0.1) is 22.9 Å². The SMILES string of the molecule is Cc1coc(C)c1C(=O)n1cnc2cc(N)ccc21. The van der Waals surface area contributed by atoms with Crippen molar-refractivity contribution in [3.8, 4) is 0 Å². The van der Waals surface area contributed by atoms with Gasteiger partial charge in [-0.15, -0.1) is 0 Å². The van der Waals surface area contributed by atoms with E-state index in [2.05, 4.69) is 4.98 Å². The Hall–Kier alpha value is -2.56. The van der Waals surface area contributed by atoms with E-state index in [0.29, 0.717) is 22.5 Å². The Kier molecular flexibility index (Phi) is 2.41. The van der Waals surface area contributed by atoms with Crippen LogP contribution in [0.15, 0.2) is 35.2 Å². The second-order valence-corrected chi connectivity index (χ2v) is 4.52. The van der Waals surface area contributed by atoms with Crippen LogP contribution < -0.4 is 5.73 Å². The van der Waals surface area contributed by atoms with Crippen molar-refractivity contribution in [1.29, 1.82) is 0 Å². The highest BCUT2D eigenvalue weighted by Gasteiger charge is 2.19. The van der Waals surface area contributed by atoms with Crippen molar-refractivity contribution in [3.05, 3.63) is 47.7 Å². The molecule has 0 bridgehead atoms. The summed E-state index contributed by atoms with van der Waals surface area (Å²) in [4.78, 5) is 16.7. The zero-order chi connectivity index (χ0) is 13.6. The van der Waals surface area contributed by atoms with E-state index in [4.69, 9.17) is 10.2 Å². The maximum atomic E-state index is 12.5. The number of fused-ring (bicyclic) bond motifs is 1. The molecule has 0 aliphatic heterocycles. The van der Waals surface area contributed by atoms with E-state index < -0.39 is 0 Å². The summed E-state index contributed by atoms with van der Waals surface area (Å²) in [5, 5.41) is 0. The summed E-state index contributed by atoms with van der Waals surface area (Å²) >= 11 is 0. The van der Waals surface area contributed by atoms with E-state index in [1.54, 1.807) is 31.4 Å². The van der Waals surface area contributed by atoms with Crippen molar-refractivity contribution in [2.24, 2.45) is 0 Å². The molecule has 19 heavy (non-hydrogen) atoms. The molecule has 0 saturated carbocycles. The molecule has 2 heterocycles. The predicted molar refractivity (Wildman–Crippen MR) is 72.1 cm³/mol. The predicted octanol–water partition coefficient (Wildman–Crippen LogP) is 2.52. The molecule has 3 rings (SSSR count). The number of carbonyl (C=O) groups is 1. The summed E-state index contributed by atoms with van der Waals surface area (Å²) < 4.78 is 6.78. The average molecular weight is 255 g/mol. The molecule has 2 N–H and O–H groups in total. The van der Waals surface area contributed by atoms with E-state index in [-0.39, 0.29) is 5.91 Å². The number of hydrogen-bond acceptors (Lipinski definition) is 4.